The van der Waals surface area contributed by atoms with Gasteiger partial charge in [0.2, 0.25) is 0 Å². The normalized spacial score (nSPS) is 25.0. The summed E-state index contributed by atoms with van der Waals surface area (Å²) in [6.07, 6.45) is 3.18. The molecule has 3 nitrogen and oxygen atoms in total. The fourth-order valence-electron chi connectivity index (χ4n) is 3.12. The topological polar surface area (TPSA) is 30.5 Å². The molecule has 1 aromatic carbocycles. The second-order valence-corrected chi connectivity index (χ2v) is 5.73. The van der Waals surface area contributed by atoms with Crippen LogP contribution in [0, 0.1) is 17.5 Å². The average molecular weight is 301 g/mol. The molecule has 1 spiro atoms. The third-order valence-electron chi connectivity index (χ3n) is 4.25. The smallest absolute Gasteiger partial charge is 0.194 e. The zero-order valence-electron chi connectivity index (χ0n) is 11.6. The predicted octanol–water partition coefficient (Wildman–Crippen LogP) is 3.24. The van der Waals surface area contributed by atoms with Gasteiger partial charge in [0.05, 0.1) is 5.60 Å². The van der Waals surface area contributed by atoms with Crippen LogP contribution in [-0.2, 0) is 9.47 Å². The lowest BCUT2D eigenvalue weighted by Gasteiger charge is -2.43. The third-order valence-corrected chi connectivity index (χ3v) is 4.25. The van der Waals surface area contributed by atoms with E-state index in [0.717, 1.165) is 37.8 Å². The fourth-order valence-corrected chi connectivity index (χ4v) is 3.12. The van der Waals surface area contributed by atoms with Crippen molar-refractivity contribution in [2.45, 2.75) is 37.3 Å². The molecular weight excluding hydrogens is 283 g/mol. The Morgan fingerprint density at radius 2 is 1.71 bits per heavy atom. The van der Waals surface area contributed by atoms with E-state index in [0.29, 0.717) is 19.8 Å². The lowest BCUT2D eigenvalue weighted by Crippen LogP contribution is -2.47. The van der Waals surface area contributed by atoms with Crippen LogP contribution in [0.2, 0.25) is 0 Å². The van der Waals surface area contributed by atoms with E-state index in [2.05, 4.69) is 5.32 Å². The van der Waals surface area contributed by atoms with Crippen molar-refractivity contribution in [3.05, 3.63) is 29.6 Å². The first-order valence-electron chi connectivity index (χ1n) is 7.21. The Hall–Kier alpha value is -1.27. The van der Waals surface area contributed by atoms with Crippen LogP contribution in [0.4, 0.5) is 18.9 Å². The van der Waals surface area contributed by atoms with E-state index < -0.39 is 17.5 Å². The number of nitrogens with one attached hydrogen (secondary N) is 1. The summed E-state index contributed by atoms with van der Waals surface area (Å²) in [7, 11) is 0. The summed E-state index contributed by atoms with van der Waals surface area (Å²) in [6, 6.07) is 2.04. The quantitative estimate of drug-likeness (QED) is 0.851. The molecule has 0 amide bonds. The second kappa shape index (κ2) is 5.85. The first kappa shape index (κ1) is 14.7. The molecule has 0 aromatic heterocycles. The molecule has 1 unspecified atom stereocenters. The minimum Gasteiger partial charge on any atom is -0.382 e. The van der Waals surface area contributed by atoms with Gasteiger partial charge < -0.3 is 14.8 Å². The second-order valence-electron chi connectivity index (χ2n) is 5.73. The number of anilines is 1. The molecule has 1 atom stereocenters. The standard InChI is InChI=1S/C15H18F3NO2/c16-12-7-11(8-13(17)14(12)18)19-10-1-4-21-15(9-10)2-5-20-6-3-15/h7-8,10,19H,1-6,9H2. The molecule has 2 heterocycles. The molecule has 0 saturated carbocycles. The molecule has 2 saturated heterocycles. The van der Waals surface area contributed by atoms with Crippen molar-refractivity contribution in [1.29, 1.82) is 0 Å². The number of benzene rings is 1. The summed E-state index contributed by atoms with van der Waals surface area (Å²) < 4.78 is 50.7. The van der Waals surface area contributed by atoms with E-state index >= 15 is 0 Å². The Kier molecular flexibility index (Phi) is 4.08. The SMILES string of the molecule is Fc1cc(NC2CCOC3(CCOCC3)C2)cc(F)c1F. The van der Waals surface area contributed by atoms with E-state index in [-0.39, 0.29) is 17.3 Å². The minimum absolute atomic E-state index is 0.0566. The highest BCUT2D eigenvalue weighted by atomic mass is 19.2. The van der Waals surface area contributed by atoms with E-state index in [1.807, 2.05) is 0 Å². The van der Waals surface area contributed by atoms with Crippen LogP contribution in [0.15, 0.2) is 12.1 Å². The molecule has 0 bridgehead atoms. The summed E-state index contributed by atoms with van der Waals surface area (Å²) in [5.74, 6) is -3.79. The first-order chi connectivity index (χ1) is 10.1. The maximum absolute atomic E-state index is 13.2. The molecule has 116 valence electrons. The van der Waals surface area contributed by atoms with Crippen LogP contribution in [0.1, 0.15) is 25.7 Å². The Morgan fingerprint density at radius 1 is 1.05 bits per heavy atom. The van der Waals surface area contributed by atoms with Crippen molar-refractivity contribution in [3.63, 3.8) is 0 Å². The van der Waals surface area contributed by atoms with E-state index in [4.69, 9.17) is 9.47 Å². The molecule has 3 rings (SSSR count). The highest BCUT2D eigenvalue weighted by Gasteiger charge is 2.39. The van der Waals surface area contributed by atoms with Gasteiger partial charge in [-0.15, -0.1) is 0 Å². The molecule has 2 fully saturated rings. The highest BCUT2D eigenvalue weighted by molar-refractivity contribution is 5.45. The van der Waals surface area contributed by atoms with Gasteiger partial charge in [-0.3, -0.25) is 0 Å². The molecule has 1 N–H and O–H groups in total. The average Bonchev–Trinajstić information content (AvgIpc) is 2.45. The van der Waals surface area contributed by atoms with Gasteiger partial charge in [0.25, 0.3) is 0 Å². The van der Waals surface area contributed by atoms with Crippen LogP contribution in [0.5, 0.6) is 0 Å². The van der Waals surface area contributed by atoms with Crippen LogP contribution in [0.3, 0.4) is 0 Å². The van der Waals surface area contributed by atoms with Crippen LogP contribution in [0.25, 0.3) is 0 Å². The van der Waals surface area contributed by atoms with E-state index in [1.165, 1.54) is 0 Å². The van der Waals surface area contributed by atoms with Crippen LogP contribution < -0.4 is 5.32 Å². The lowest BCUT2D eigenvalue weighted by molar-refractivity contribution is -0.135. The van der Waals surface area contributed by atoms with Crippen molar-refractivity contribution in [3.8, 4) is 0 Å². The summed E-state index contributed by atoms with van der Waals surface area (Å²) >= 11 is 0. The Morgan fingerprint density at radius 3 is 2.38 bits per heavy atom. The zero-order chi connectivity index (χ0) is 14.9. The van der Waals surface area contributed by atoms with Crippen LogP contribution >= 0.6 is 0 Å². The highest BCUT2D eigenvalue weighted by Crippen LogP contribution is 2.35. The Labute approximate surface area is 121 Å². The van der Waals surface area contributed by atoms with Crippen molar-refractivity contribution in [2.75, 3.05) is 25.1 Å². The Bertz CT molecular complexity index is 489. The van der Waals surface area contributed by atoms with Crippen molar-refractivity contribution in [2.24, 2.45) is 0 Å². The maximum Gasteiger partial charge on any atom is 0.194 e. The molecular formula is C15H18F3NO2. The molecule has 2 aliphatic rings. The number of halogens is 3. The monoisotopic (exact) mass is 301 g/mol. The van der Waals surface area contributed by atoms with Crippen molar-refractivity contribution in [1.82, 2.24) is 0 Å². The van der Waals surface area contributed by atoms with Gasteiger partial charge in [-0.1, -0.05) is 0 Å². The Balaban J connectivity index is 1.70. The molecule has 0 aliphatic carbocycles. The zero-order valence-corrected chi connectivity index (χ0v) is 11.6. The third kappa shape index (κ3) is 3.16. The summed E-state index contributed by atoms with van der Waals surface area (Å²) in [6.45, 7) is 1.95. The number of hydrogen-bond acceptors (Lipinski definition) is 3. The predicted molar refractivity (Wildman–Crippen MR) is 71.7 cm³/mol. The number of ether oxygens (including phenoxy) is 2. The molecule has 21 heavy (non-hydrogen) atoms. The molecule has 0 radical (unpaired) electrons. The van der Waals surface area contributed by atoms with Gasteiger partial charge in [0.1, 0.15) is 0 Å². The summed E-state index contributed by atoms with van der Waals surface area (Å²) in [5.41, 5.74) is 0.0613. The minimum atomic E-state index is -1.44. The molecule has 2 aliphatic heterocycles. The largest absolute Gasteiger partial charge is 0.382 e. The number of rotatable bonds is 2. The first-order valence-corrected chi connectivity index (χ1v) is 7.21. The van der Waals surface area contributed by atoms with Gasteiger partial charge in [-0.2, -0.15) is 0 Å². The van der Waals surface area contributed by atoms with Crippen molar-refractivity contribution < 1.29 is 22.6 Å². The van der Waals surface area contributed by atoms with Gasteiger partial charge in [0, 0.05) is 43.7 Å². The van der Waals surface area contributed by atoms with E-state index in [1.54, 1.807) is 0 Å². The van der Waals surface area contributed by atoms with Gasteiger partial charge >= 0.3 is 0 Å². The molecule has 6 heteroatoms. The van der Waals surface area contributed by atoms with Gasteiger partial charge in [0.15, 0.2) is 17.5 Å². The van der Waals surface area contributed by atoms with Gasteiger partial charge in [-0.05, 0) is 25.7 Å². The maximum atomic E-state index is 13.2. The fraction of sp³-hybridized carbons (Fsp3) is 0.600. The van der Waals surface area contributed by atoms with E-state index in [9.17, 15) is 13.2 Å². The lowest BCUT2D eigenvalue weighted by atomic mass is 9.84. The van der Waals surface area contributed by atoms with Crippen molar-refractivity contribution >= 4 is 5.69 Å². The number of hydrogen-bond donors (Lipinski definition) is 1. The van der Waals surface area contributed by atoms with Gasteiger partial charge in [-0.25, -0.2) is 13.2 Å². The van der Waals surface area contributed by atoms with Crippen LogP contribution in [-0.4, -0.2) is 31.5 Å². The summed E-state index contributed by atoms with van der Waals surface area (Å²) in [5, 5.41) is 3.09. The molecule has 1 aromatic rings. The summed E-state index contributed by atoms with van der Waals surface area (Å²) in [4.78, 5) is 0.